The van der Waals surface area contributed by atoms with Crippen LogP contribution in [0.3, 0.4) is 0 Å². The number of amides is 2. The largest absolute Gasteiger partial charge is 0.354 e. The molecule has 0 radical (unpaired) electrons. The normalized spacial score (nSPS) is 14.2. The van der Waals surface area contributed by atoms with Gasteiger partial charge in [0.2, 0.25) is 11.8 Å². The molecule has 0 aromatic heterocycles. The first-order valence-electron chi connectivity index (χ1n) is 14.4. The van der Waals surface area contributed by atoms with Crippen LogP contribution in [0, 0.1) is 5.92 Å². The van der Waals surface area contributed by atoms with E-state index in [2.05, 4.69) is 5.32 Å². The molecular weight excluding hydrogens is 546 g/mol. The van der Waals surface area contributed by atoms with E-state index < -0.39 is 16.1 Å². The predicted molar refractivity (Wildman–Crippen MR) is 166 cm³/mol. The summed E-state index contributed by atoms with van der Waals surface area (Å²) in [6, 6.07) is 29.5. The zero-order valence-electron chi connectivity index (χ0n) is 24.1. The van der Waals surface area contributed by atoms with Crippen molar-refractivity contribution in [3.8, 4) is 0 Å². The minimum absolute atomic E-state index is 0.105. The van der Waals surface area contributed by atoms with Crippen molar-refractivity contribution < 1.29 is 18.0 Å². The number of benzene rings is 4. The number of carbonyl (C=O) groups excluding carboxylic acids is 2. The average molecular weight is 584 g/mol. The summed E-state index contributed by atoms with van der Waals surface area (Å²) in [7, 11) is -3.71. The van der Waals surface area contributed by atoms with Crippen LogP contribution in [0.1, 0.15) is 37.8 Å². The molecule has 1 heterocycles. The quantitative estimate of drug-likeness (QED) is 0.237. The standard InChI is InChI=1S/C34H37N3O4S/c1-25(2)23-35-34(39)30(22-26-12-5-3-6-13-26)36(24-27-14-7-4-8-15-27)32(38)20-11-21-37-29-18-9-16-28-17-10-19-31(33(28)29)42(37,40)41/h3-10,12-19,25,30H,11,20-24H2,1-2H3,(H,35,39)/t30-/m0/s1. The number of anilines is 1. The summed E-state index contributed by atoms with van der Waals surface area (Å²) in [4.78, 5) is 29.5. The van der Waals surface area contributed by atoms with Crippen molar-refractivity contribution in [3.63, 3.8) is 0 Å². The first-order valence-corrected chi connectivity index (χ1v) is 15.9. The first kappa shape index (κ1) is 29.3. The van der Waals surface area contributed by atoms with E-state index in [0.717, 1.165) is 21.9 Å². The highest BCUT2D eigenvalue weighted by Gasteiger charge is 2.36. The molecule has 218 valence electrons. The maximum atomic E-state index is 13.9. The van der Waals surface area contributed by atoms with Gasteiger partial charge in [0.1, 0.15) is 6.04 Å². The number of rotatable bonds is 12. The molecule has 42 heavy (non-hydrogen) atoms. The van der Waals surface area contributed by atoms with Crippen LogP contribution < -0.4 is 9.62 Å². The van der Waals surface area contributed by atoms with E-state index in [-0.39, 0.29) is 37.2 Å². The lowest BCUT2D eigenvalue weighted by Gasteiger charge is -2.32. The van der Waals surface area contributed by atoms with Gasteiger partial charge >= 0.3 is 0 Å². The van der Waals surface area contributed by atoms with Gasteiger partial charge in [0.05, 0.1) is 10.6 Å². The Morgan fingerprint density at radius 1 is 0.833 bits per heavy atom. The lowest BCUT2D eigenvalue weighted by atomic mass is 10.0. The van der Waals surface area contributed by atoms with Gasteiger partial charge in [-0.1, -0.05) is 98.8 Å². The SMILES string of the molecule is CC(C)CNC(=O)[C@H](Cc1ccccc1)N(Cc1ccccc1)C(=O)CCCN1c2cccc3cccc(c23)S1(=O)=O. The molecule has 0 saturated carbocycles. The van der Waals surface area contributed by atoms with Crippen molar-refractivity contribution in [2.24, 2.45) is 5.92 Å². The molecule has 0 fully saturated rings. The molecule has 4 aromatic carbocycles. The molecule has 0 spiro atoms. The van der Waals surface area contributed by atoms with Crippen LogP contribution in [0.5, 0.6) is 0 Å². The molecule has 0 aliphatic carbocycles. The second-order valence-electron chi connectivity index (χ2n) is 11.2. The predicted octanol–water partition coefficient (Wildman–Crippen LogP) is 5.54. The Kier molecular flexibility index (Phi) is 8.92. The maximum absolute atomic E-state index is 13.9. The van der Waals surface area contributed by atoms with E-state index >= 15 is 0 Å². The Hall–Kier alpha value is -4.17. The monoisotopic (exact) mass is 583 g/mol. The van der Waals surface area contributed by atoms with Crippen molar-refractivity contribution in [1.82, 2.24) is 10.2 Å². The number of sulfonamides is 1. The van der Waals surface area contributed by atoms with E-state index in [0.29, 0.717) is 30.0 Å². The Balaban J connectivity index is 1.38. The third-order valence-electron chi connectivity index (χ3n) is 7.58. The number of nitrogens with zero attached hydrogens (tertiary/aromatic N) is 2. The van der Waals surface area contributed by atoms with Crippen molar-refractivity contribution in [3.05, 3.63) is 108 Å². The highest BCUT2D eigenvalue weighted by molar-refractivity contribution is 7.93. The minimum Gasteiger partial charge on any atom is -0.354 e. The van der Waals surface area contributed by atoms with E-state index in [1.165, 1.54) is 4.31 Å². The van der Waals surface area contributed by atoms with Crippen molar-refractivity contribution >= 4 is 38.3 Å². The molecule has 0 unspecified atom stereocenters. The molecule has 0 bridgehead atoms. The van der Waals surface area contributed by atoms with Crippen LogP contribution in [0.15, 0.2) is 102 Å². The van der Waals surface area contributed by atoms with E-state index in [4.69, 9.17) is 0 Å². The lowest BCUT2D eigenvalue weighted by molar-refractivity contribution is -0.141. The Morgan fingerprint density at radius 3 is 2.14 bits per heavy atom. The maximum Gasteiger partial charge on any atom is 0.265 e. The second-order valence-corrected chi connectivity index (χ2v) is 13.0. The van der Waals surface area contributed by atoms with E-state index in [1.54, 1.807) is 17.0 Å². The molecule has 1 aliphatic rings. The van der Waals surface area contributed by atoms with Gasteiger partial charge in [0.25, 0.3) is 10.0 Å². The highest BCUT2D eigenvalue weighted by Crippen LogP contribution is 2.42. The third kappa shape index (κ3) is 6.34. The molecule has 8 heteroatoms. The van der Waals surface area contributed by atoms with Gasteiger partial charge in [-0.25, -0.2) is 8.42 Å². The molecule has 1 aliphatic heterocycles. The van der Waals surface area contributed by atoms with Crippen molar-refractivity contribution in [2.75, 3.05) is 17.4 Å². The summed E-state index contributed by atoms with van der Waals surface area (Å²) < 4.78 is 28.3. The summed E-state index contributed by atoms with van der Waals surface area (Å²) >= 11 is 0. The molecule has 0 saturated heterocycles. The molecule has 7 nitrogen and oxygen atoms in total. The van der Waals surface area contributed by atoms with Crippen molar-refractivity contribution in [2.45, 2.75) is 50.6 Å². The summed E-state index contributed by atoms with van der Waals surface area (Å²) in [5, 5.41) is 4.63. The van der Waals surface area contributed by atoms with Crippen LogP contribution in [0.25, 0.3) is 10.8 Å². The Labute approximate surface area is 248 Å². The molecule has 4 aromatic rings. The summed E-state index contributed by atoms with van der Waals surface area (Å²) in [5.41, 5.74) is 2.53. The number of hydrogen-bond donors (Lipinski definition) is 1. The zero-order valence-corrected chi connectivity index (χ0v) is 24.9. The van der Waals surface area contributed by atoms with Gasteiger partial charge in [-0.3, -0.25) is 13.9 Å². The number of nitrogens with one attached hydrogen (secondary N) is 1. The third-order valence-corrected chi connectivity index (χ3v) is 9.44. The summed E-state index contributed by atoms with van der Waals surface area (Å²) in [6.07, 6.45) is 0.800. The van der Waals surface area contributed by atoms with Gasteiger partial charge in [0, 0.05) is 37.9 Å². The van der Waals surface area contributed by atoms with Gasteiger partial charge in [0.15, 0.2) is 0 Å². The summed E-state index contributed by atoms with van der Waals surface area (Å²) in [5.74, 6) is -0.117. The van der Waals surface area contributed by atoms with E-state index in [1.807, 2.05) is 98.8 Å². The van der Waals surface area contributed by atoms with Crippen LogP contribution in [-0.4, -0.2) is 44.3 Å². The Bertz CT molecular complexity index is 1650. The summed E-state index contributed by atoms with van der Waals surface area (Å²) in [6.45, 7) is 5.02. The second kappa shape index (κ2) is 12.8. The molecule has 1 atom stereocenters. The van der Waals surface area contributed by atoms with Gasteiger partial charge in [-0.05, 0) is 41.0 Å². The van der Waals surface area contributed by atoms with Crippen LogP contribution in [0.4, 0.5) is 5.69 Å². The van der Waals surface area contributed by atoms with Crippen LogP contribution >= 0.6 is 0 Å². The fourth-order valence-corrected chi connectivity index (χ4v) is 7.22. The molecule has 5 rings (SSSR count). The highest BCUT2D eigenvalue weighted by atomic mass is 32.2. The van der Waals surface area contributed by atoms with Crippen LogP contribution in [-0.2, 0) is 32.6 Å². The molecule has 1 N–H and O–H groups in total. The van der Waals surface area contributed by atoms with E-state index in [9.17, 15) is 18.0 Å². The lowest BCUT2D eigenvalue weighted by Crippen LogP contribution is -2.51. The number of hydrogen-bond acceptors (Lipinski definition) is 4. The molecular formula is C34H37N3O4S. The number of carbonyl (C=O) groups is 2. The molecule has 2 amide bonds. The topological polar surface area (TPSA) is 86.8 Å². The fraction of sp³-hybridized carbons (Fsp3) is 0.294. The first-order chi connectivity index (χ1) is 20.3. The van der Waals surface area contributed by atoms with Crippen molar-refractivity contribution in [1.29, 1.82) is 0 Å². The smallest absolute Gasteiger partial charge is 0.265 e. The zero-order chi connectivity index (χ0) is 29.7. The van der Waals surface area contributed by atoms with Gasteiger partial charge in [-0.2, -0.15) is 0 Å². The fourth-order valence-electron chi connectivity index (χ4n) is 5.47. The van der Waals surface area contributed by atoms with Gasteiger partial charge in [-0.15, -0.1) is 0 Å². The average Bonchev–Trinajstić information content (AvgIpc) is 3.21. The minimum atomic E-state index is -3.71. The Morgan fingerprint density at radius 2 is 1.48 bits per heavy atom. The van der Waals surface area contributed by atoms with Crippen LogP contribution in [0.2, 0.25) is 0 Å². The van der Waals surface area contributed by atoms with Gasteiger partial charge < -0.3 is 10.2 Å².